The molecule has 0 saturated heterocycles. The molecule has 1 aliphatic heterocycles. The first-order chi connectivity index (χ1) is 17.7. The third-order valence-electron chi connectivity index (χ3n) is 7.27. The molecule has 2 aliphatic rings. The summed E-state index contributed by atoms with van der Waals surface area (Å²) in [6.07, 6.45) is 4.85. The second kappa shape index (κ2) is 9.15. The number of fused-ring (bicyclic) bond motifs is 3. The summed E-state index contributed by atoms with van der Waals surface area (Å²) < 4.78 is 2.16. The van der Waals surface area contributed by atoms with Crippen molar-refractivity contribution in [1.82, 2.24) is 9.47 Å². The van der Waals surface area contributed by atoms with E-state index in [9.17, 15) is 9.59 Å². The molecular formula is C31H29N3O2. The van der Waals surface area contributed by atoms with Crippen LogP contribution in [0.5, 0.6) is 0 Å². The van der Waals surface area contributed by atoms with Crippen LogP contribution < -0.4 is 4.90 Å². The van der Waals surface area contributed by atoms with Crippen molar-refractivity contribution >= 4 is 17.5 Å². The predicted octanol–water partition coefficient (Wildman–Crippen LogP) is 5.78. The van der Waals surface area contributed by atoms with Crippen molar-refractivity contribution in [1.29, 1.82) is 0 Å². The van der Waals surface area contributed by atoms with E-state index < -0.39 is 0 Å². The van der Waals surface area contributed by atoms with Gasteiger partial charge in [0.15, 0.2) is 0 Å². The molecule has 2 amide bonds. The normalized spacial score (nSPS) is 16.2. The van der Waals surface area contributed by atoms with Gasteiger partial charge >= 0.3 is 0 Å². The van der Waals surface area contributed by atoms with E-state index in [0.29, 0.717) is 5.56 Å². The van der Waals surface area contributed by atoms with Crippen LogP contribution in [0.3, 0.4) is 0 Å². The number of amides is 2. The number of carbonyl (C=O) groups is 2. The molecule has 5 heteroatoms. The van der Waals surface area contributed by atoms with Crippen LogP contribution in [0, 0.1) is 0 Å². The molecule has 36 heavy (non-hydrogen) atoms. The number of aromatic nitrogens is 1. The summed E-state index contributed by atoms with van der Waals surface area (Å²) >= 11 is 0. The maximum absolute atomic E-state index is 14.2. The molecule has 6 rings (SSSR count). The van der Waals surface area contributed by atoms with Crippen molar-refractivity contribution in [3.8, 4) is 5.69 Å². The second-order valence-electron chi connectivity index (χ2n) is 9.58. The summed E-state index contributed by atoms with van der Waals surface area (Å²) in [6, 6.07) is 29.8. The van der Waals surface area contributed by atoms with Crippen molar-refractivity contribution < 1.29 is 9.59 Å². The number of carbonyl (C=O) groups excluding carboxylic acids is 2. The minimum Gasteiger partial charge on any atom is -0.326 e. The Morgan fingerprint density at radius 2 is 1.53 bits per heavy atom. The first-order valence-corrected chi connectivity index (χ1v) is 12.7. The number of anilines is 1. The Kier molecular flexibility index (Phi) is 5.68. The molecule has 1 aliphatic carbocycles. The van der Waals surface area contributed by atoms with Crippen molar-refractivity contribution in [2.75, 3.05) is 11.4 Å². The highest BCUT2D eigenvalue weighted by atomic mass is 16.2. The van der Waals surface area contributed by atoms with Crippen LogP contribution in [0.2, 0.25) is 0 Å². The van der Waals surface area contributed by atoms with Gasteiger partial charge in [0.2, 0.25) is 5.91 Å². The minimum atomic E-state index is -0.274. The third-order valence-corrected chi connectivity index (χ3v) is 7.27. The summed E-state index contributed by atoms with van der Waals surface area (Å²) in [5.41, 5.74) is 5.74. The summed E-state index contributed by atoms with van der Waals surface area (Å²) in [7, 11) is 0. The van der Waals surface area contributed by atoms with Crippen molar-refractivity contribution in [3.63, 3.8) is 0 Å². The standard InChI is InChI=1S/C31H29N3O2/c1-2-22-14-16-24(17-15-22)31(36)33(25-18-19-25)21-29(35)34-27-12-7-6-11-26(27)32-20-8-13-28(32)30(34)23-9-4-3-5-10-23/h3-17,20,25,30H,2,18-19,21H2,1H3/t30-/m0/s1. The van der Waals surface area contributed by atoms with Crippen LogP contribution in [0.4, 0.5) is 5.69 Å². The molecule has 0 N–H and O–H groups in total. The number of hydrogen-bond acceptors (Lipinski definition) is 2. The van der Waals surface area contributed by atoms with Crippen LogP contribution in [-0.4, -0.2) is 33.9 Å². The lowest BCUT2D eigenvalue weighted by atomic mass is 9.97. The third kappa shape index (κ3) is 3.91. The van der Waals surface area contributed by atoms with Crippen LogP contribution in [-0.2, 0) is 11.2 Å². The average molecular weight is 476 g/mol. The van der Waals surface area contributed by atoms with Gasteiger partial charge in [0.05, 0.1) is 17.1 Å². The fourth-order valence-corrected chi connectivity index (χ4v) is 5.24. The van der Waals surface area contributed by atoms with Gasteiger partial charge in [0, 0.05) is 17.8 Å². The smallest absolute Gasteiger partial charge is 0.254 e. The molecule has 1 atom stereocenters. The second-order valence-corrected chi connectivity index (χ2v) is 9.58. The monoisotopic (exact) mass is 475 g/mol. The molecule has 3 aromatic carbocycles. The van der Waals surface area contributed by atoms with Gasteiger partial charge in [0.1, 0.15) is 12.6 Å². The molecule has 1 saturated carbocycles. The zero-order chi connectivity index (χ0) is 24.6. The Balaban J connectivity index is 1.38. The van der Waals surface area contributed by atoms with Crippen molar-refractivity contribution in [3.05, 3.63) is 120 Å². The Bertz CT molecular complexity index is 1400. The number of nitrogens with zero attached hydrogens (tertiary/aromatic N) is 3. The van der Waals surface area contributed by atoms with E-state index in [0.717, 1.165) is 41.9 Å². The first kappa shape index (κ1) is 22.4. The highest BCUT2D eigenvalue weighted by molar-refractivity contribution is 6.03. The SMILES string of the molecule is CCc1ccc(C(=O)N(CC(=O)N2c3ccccc3-n3cccc3[C@@H]2c2ccccc2)C2CC2)cc1. The lowest BCUT2D eigenvalue weighted by Crippen LogP contribution is -2.47. The van der Waals surface area contributed by atoms with Gasteiger partial charge in [-0.3, -0.25) is 14.5 Å². The maximum Gasteiger partial charge on any atom is 0.254 e. The Morgan fingerprint density at radius 1 is 0.833 bits per heavy atom. The van der Waals surface area contributed by atoms with Gasteiger partial charge in [-0.15, -0.1) is 0 Å². The van der Waals surface area contributed by atoms with Crippen molar-refractivity contribution in [2.45, 2.75) is 38.3 Å². The van der Waals surface area contributed by atoms with Gasteiger partial charge < -0.3 is 9.47 Å². The fraction of sp³-hybridized carbons (Fsp3) is 0.226. The summed E-state index contributed by atoms with van der Waals surface area (Å²) in [5, 5.41) is 0. The topological polar surface area (TPSA) is 45.6 Å². The minimum absolute atomic E-state index is 0.0530. The van der Waals surface area contributed by atoms with Crippen LogP contribution >= 0.6 is 0 Å². The lowest BCUT2D eigenvalue weighted by Gasteiger charge is -2.39. The fourth-order valence-electron chi connectivity index (χ4n) is 5.24. The van der Waals surface area contributed by atoms with E-state index in [1.807, 2.05) is 83.9 Å². The first-order valence-electron chi connectivity index (χ1n) is 12.7. The maximum atomic E-state index is 14.2. The number of rotatable bonds is 6. The Morgan fingerprint density at radius 3 is 2.22 bits per heavy atom. The van der Waals surface area contributed by atoms with Crippen LogP contribution in [0.1, 0.15) is 53.0 Å². The van der Waals surface area contributed by atoms with Crippen LogP contribution in [0.15, 0.2) is 97.2 Å². The van der Waals surface area contributed by atoms with E-state index in [4.69, 9.17) is 0 Å². The molecule has 0 bridgehead atoms. The molecular weight excluding hydrogens is 446 g/mol. The number of para-hydroxylation sites is 2. The molecule has 5 nitrogen and oxygen atoms in total. The van der Waals surface area contributed by atoms with Gasteiger partial charge in [-0.1, -0.05) is 61.5 Å². The summed E-state index contributed by atoms with van der Waals surface area (Å²) in [6.45, 7) is 2.15. The molecule has 180 valence electrons. The average Bonchev–Trinajstić information content (AvgIpc) is 3.66. The molecule has 1 fully saturated rings. The van der Waals surface area contributed by atoms with Gasteiger partial charge in [0.25, 0.3) is 5.91 Å². The largest absolute Gasteiger partial charge is 0.326 e. The van der Waals surface area contributed by atoms with E-state index in [1.165, 1.54) is 5.56 Å². The molecule has 1 aromatic heterocycles. The Hall–Kier alpha value is -4.12. The molecule has 0 spiro atoms. The number of benzene rings is 3. The molecule has 2 heterocycles. The summed E-state index contributed by atoms with van der Waals surface area (Å²) in [5.74, 6) is -0.146. The van der Waals surface area contributed by atoms with Gasteiger partial charge in [-0.05, 0) is 66.8 Å². The van der Waals surface area contributed by atoms with Crippen LogP contribution in [0.25, 0.3) is 5.69 Å². The lowest BCUT2D eigenvalue weighted by molar-refractivity contribution is -0.119. The zero-order valence-corrected chi connectivity index (χ0v) is 20.4. The summed E-state index contributed by atoms with van der Waals surface area (Å²) in [4.78, 5) is 31.4. The van der Waals surface area contributed by atoms with Gasteiger partial charge in [-0.25, -0.2) is 0 Å². The molecule has 0 unspecified atom stereocenters. The van der Waals surface area contributed by atoms with Crippen molar-refractivity contribution in [2.24, 2.45) is 0 Å². The van der Waals surface area contributed by atoms with E-state index in [-0.39, 0.29) is 30.4 Å². The van der Waals surface area contributed by atoms with E-state index in [2.05, 4.69) is 29.7 Å². The quantitative estimate of drug-likeness (QED) is 0.355. The van der Waals surface area contributed by atoms with E-state index in [1.54, 1.807) is 4.90 Å². The van der Waals surface area contributed by atoms with Gasteiger partial charge in [-0.2, -0.15) is 0 Å². The number of aryl methyl sites for hydroxylation is 1. The number of hydrogen-bond donors (Lipinski definition) is 0. The highest BCUT2D eigenvalue weighted by Crippen LogP contribution is 2.42. The highest BCUT2D eigenvalue weighted by Gasteiger charge is 2.40. The van der Waals surface area contributed by atoms with E-state index >= 15 is 0 Å². The molecule has 0 radical (unpaired) electrons. The zero-order valence-electron chi connectivity index (χ0n) is 20.4. The predicted molar refractivity (Wildman–Crippen MR) is 141 cm³/mol. The Labute approximate surface area is 211 Å². The molecule has 4 aromatic rings.